The van der Waals surface area contributed by atoms with Crippen molar-refractivity contribution in [3.63, 3.8) is 0 Å². The van der Waals surface area contributed by atoms with Crippen molar-refractivity contribution >= 4 is 91.7 Å². The van der Waals surface area contributed by atoms with Crippen LogP contribution in [-0.2, 0) is 0 Å². The van der Waals surface area contributed by atoms with Gasteiger partial charge in [0.15, 0.2) is 0 Å². The van der Waals surface area contributed by atoms with Crippen molar-refractivity contribution in [3.8, 4) is 11.1 Å². The standard InChI is InChI=1S/C46H29NS/c1-2-9-34-27-35(14-13-30(34)7-1)31-15-20-36(21-16-31)47(38-23-26-43-42-11-5-6-12-45(42)48-46(43)29-38)37-22-17-33-19-24-40-39-10-4-3-8-32(39)18-25-41(40)44(33)28-37/h1-29H. The Hall–Kier alpha value is -5.96. The maximum absolute atomic E-state index is 2.41. The van der Waals surface area contributed by atoms with E-state index in [9.17, 15) is 0 Å². The highest BCUT2D eigenvalue weighted by molar-refractivity contribution is 7.25. The average molecular weight is 628 g/mol. The minimum Gasteiger partial charge on any atom is -0.310 e. The molecule has 0 aliphatic carbocycles. The van der Waals surface area contributed by atoms with E-state index in [1.54, 1.807) is 0 Å². The van der Waals surface area contributed by atoms with Crippen LogP contribution < -0.4 is 4.90 Å². The van der Waals surface area contributed by atoms with E-state index in [-0.39, 0.29) is 0 Å². The Labute approximate surface area is 282 Å². The second kappa shape index (κ2) is 10.8. The van der Waals surface area contributed by atoms with Gasteiger partial charge in [0.25, 0.3) is 0 Å². The molecule has 0 bridgehead atoms. The molecular formula is C46H29NS. The molecule has 1 aromatic heterocycles. The van der Waals surface area contributed by atoms with E-state index in [2.05, 4.69) is 181 Å². The lowest BCUT2D eigenvalue weighted by Gasteiger charge is -2.26. The average Bonchev–Trinajstić information content (AvgIpc) is 3.53. The van der Waals surface area contributed by atoms with Gasteiger partial charge in [0, 0.05) is 37.2 Å². The molecule has 1 heterocycles. The van der Waals surface area contributed by atoms with Gasteiger partial charge in [-0.3, -0.25) is 0 Å². The quantitative estimate of drug-likeness (QED) is 0.176. The van der Waals surface area contributed by atoms with Crippen LogP contribution in [0.2, 0.25) is 0 Å². The van der Waals surface area contributed by atoms with E-state index in [1.165, 1.54) is 74.4 Å². The summed E-state index contributed by atoms with van der Waals surface area (Å²) in [6.07, 6.45) is 0. The van der Waals surface area contributed by atoms with E-state index < -0.39 is 0 Å². The fourth-order valence-corrected chi connectivity index (χ4v) is 8.56. The third kappa shape index (κ3) is 4.38. The van der Waals surface area contributed by atoms with E-state index in [0.29, 0.717) is 0 Å². The molecule has 0 fully saturated rings. The fraction of sp³-hybridized carbons (Fsp3) is 0. The first-order valence-electron chi connectivity index (χ1n) is 16.4. The molecule has 10 rings (SSSR count). The molecule has 0 unspecified atom stereocenters. The first-order chi connectivity index (χ1) is 23.8. The predicted octanol–water partition coefficient (Wildman–Crippen LogP) is 13.8. The largest absolute Gasteiger partial charge is 0.310 e. The molecule has 10 aromatic rings. The number of hydrogen-bond acceptors (Lipinski definition) is 2. The third-order valence-electron chi connectivity index (χ3n) is 9.81. The normalized spacial score (nSPS) is 11.8. The number of thiophene rings is 1. The number of nitrogens with zero attached hydrogens (tertiary/aromatic N) is 1. The first kappa shape index (κ1) is 27.2. The molecule has 0 spiro atoms. The van der Waals surface area contributed by atoms with Crippen molar-refractivity contribution in [1.82, 2.24) is 0 Å². The zero-order chi connectivity index (χ0) is 31.6. The molecule has 0 aliphatic heterocycles. The Balaban J connectivity index is 1.16. The molecule has 0 N–H and O–H groups in total. The van der Waals surface area contributed by atoms with Crippen LogP contribution in [0.25, 0.3) is 74.4 Å². The summed E-state index contributed by atoms with van der Waals surface area (Å²) in [5, 5.41) is 12.8. The second-order valence-corrected chi connectivity index (χ2v) is 13.7. The van der Waals surface area contributed by atoms with E-state index in [0.717, 1.165) is 17.1 Å². The molecule has 0 radical (unpaired) electrons. The third-order valence-corrected chi connectivity index (χ3v) is 10.9. The number of rotatable bonds is 4. The van der Waals surface area contributed by atoms with Gasteiger partial charge in [-0.25, -0.2) is 0 Å². The van der Waals surface area contributed by atoms with Crippen molar-refractivity contribution in [2.45, 2.75) is 0 Å². The predicted molar refractivity (Wildman–Crippen MR) is 209 cm³/mol. The van der Waals surface area contributed by atoms with Gasteiger partial charge in [-0.1, -0.05) is 127 Å². The van der Waals surface area contributed by atoms with Crippen molar-refractivity contribution in [2.75, 3.05) is 4.90 Å². The lowest BCUT2D eigenvalue weighted by molar-refractivity contribution is 1.30. The van der Waals surface area contributed by atoms with Crippen LogP contribution in [0, 0.1) is 0 Å². The highest BCUT2D eigenvalue weighted by Crippen LogP contribution is 2.42. The second-order valence-electron chi connectivity index (χ2n) is 12.6. The Morgan fingerprint density at radius 3 is 1.69 bits per heavy atom. The zero-order valence-electron chi connectivity index (χ0n) is 26.1. The lowest BCUT2D eigenvalue weighted by Crippen LogP contribution is -2.09. The molecule has 1 nitrogen and oxygen atoms in total. The van der Waals surface area contributed by atoms with Gasteiger partial charge in [0.2, 0.25) is 0 Å². The number of fused-ring (bicyclic) bond motifs is 9. The van der Waals surface area contributed by atoms with Crippen LogP contribution in [-0.4, -0.2) is 0 Å². The zero-order valence-corrected chi connectivity index (χ0v) is 26.9. The maximum atomic E-state index is 2.41. The maximum Gasteiger partial charge on any atom is 0.0476 e. The summed E-state index contributed by atoms with van der Waals surface area (Å²) in [5.41, 5.74) is 5.85. The smallest absolute Gasteiger partial charge is 0.0476 e. The van der Waals surface area contributed by atoms with Gasteiger partial charge in [-0.05, 0) is 103 Å². The van der Waals surface area contributed by atoms with Crippen LogP contribution in [0.3, 0.4) is 0 Å². The Morgan fingerprint density at radius 2 is 0.833 bits per heavy atom. The summed E-state index contributed by atoms with van der Waals surface area (Å²) in [6, 6.07) is 64.6. The topological polar surface area (TPSA) is 3.24 Å². The molecule has 0 saturated carbocycles. The highest BCUT2D eigenvalue weighted by Gasteiger charge is 2.17. The first-order valence-corrected chi connectivity index (χ1v) is 17.2. The number of hydrogen-bond donors (Lipinski definition) is 0. The molecule has 0 aliphatic rings. The summed E-state index contributed by atoms with van der Waals surface area (Å²) >= 11 is 1.86. The van der Waals surface area contributed by atoms with Gasteiger partial charge in [-0.2, -0.15) is 0 Å². The SMILES string of the molecule is c1ccc2cc(-c3ccc(N(c4ccc5c(c4)sc4ccccc45)c4ccc5ccc6c7ccccc7ccc6c5c4)cc3)ccc2c1. The molecule has 0 saturated heterocycles. The molecule has 9 aromatic carbocycles. The summed E-state index contributed by atoms with van der Waals surface area (Å²) in [4.78, 5) is 2.41. The Morgan fingerprint density at radius 1 is 0.292 bits per heavy atom. The molecule has 0 amide bonds. The van der Waals surface area contributed by atoms with E-state index in [1.807, 2.05) is 11.3 Å². The van der Waals surface area contributed by atoms with Crippen LogP contribution >= 0.6 is 11.3 Å². The minimum atomic E-state index is 1.13. The monoisotopic (exact) mass is 627 g/mol. The van der Waals surface area contributed by atoms with Crippen LogP contribution in [0.4, 0.5) is 17.1 Å². The van der Waals surface area contributed by atoms with Gasteiger partial charge in [0.1, 0.15) is 0 Å². The van der Waals surface area contributed by atoms with Gasteiger partial charge < -0.3 is 4.90 Å². The summed E-state index contributed by atoms with van der Waals surface area (Å²) in [7, 11) is 0. The van der Waals surface area contributed by atoms with E-state index in [4.69, 9.17) is 0 Å². The van der Waals surface area contributed by atoms with Crippen molar-refractivity contribution in [1.29, 1.82) is 0 Å². The molecule has 2 heteroatoms. The van der Waals surface area contributed by atoms with Crippen LogP contribution in [0.1, 0.15) is 0 Å². The van der Waals surface area contributed by atoms with Crippen molar-refractivity contribution in [2.24, 2.45) is 0 Å². The summed E-state index contributed by atoms with van der Waals surface area (Å²) in [6.45, 7) is 0. The Kier molecular flexibility index (Phi) is 6.12. The number of anilines is 3. The molecular weight excluding hydrogens is 599 g/mol. The van der Waals surface area contributed by atoms with Gasteiger partial charge >= 0.3 is 0 Å². The van der Waals surface area contributed by atoms with Gasteiger partial charge in [0.05, 0.1) is 0 Å². The summed E-state index contributed by atoms with van der Waals surface area (Å²) in [5.74, 6) is 0. The van der Waals surface area contributed by atoms with Crippen LogP contribution in [0.15, 0.2) is 176 Å². The van der Waals surface area contributed by atoms with Crippen molar-refractivity contribution < 1.29 is 0 Å². The van der Waals surface area contributed by atoms with E-state index >= 15 is 0 Å². The highest BCUT2D eigenvalue weighted by atomic mass is 32.1. The summed E-state index contributed by atoms with van der Waals surface area (Å²) < 4.78 is 2.62. The van der Waals surface area contributed by atoms with Crippen molar-refractivity contribution in [3.05, 3.63) is 176 Å². The molecule has 224 valence electrons. The number of benzene rings is 9. The molecule has 48 heavy (non-hydrogen) atoms. The fourth-order valence-electron chi connectivity index (χ4n) is 7.42. The van der Waals surface area contributed by atoms with Gasteiger partial charge in [-0.15, -0.1) is 11.3 Å². The Bertz CT molecular complexity index is 2840. The minimum absolute atomic E-state index is 1.13. The molecule has 0 atom stereocenters. The lowest BCUT2D eigenvalue weighted by atomic mass is 9.96. The van der Waals surface area contributed by atoms with Crippen LogP contribution in [0.5, 0.6) is 0 Å².